The minimum absolute atomic E-state index is 0.723. The van der Waals surface area contributed by atoms with Gasteiger partial charge in [-0.3, -0.25) is 5.10 Å². The number of hydrogen-bond acceptors (Lipinski definition) is 3. The molecule has 1 aromatic heterocycles. The van der Waals surface area contributed by atoms with Crippen molar-refractivity contribution in [3.05, 3.63) is 24.4 Å². The first kappa shape index (κ1) is 9.02. The molecule has 0 aliphatic heterocycles. The number of fused-ring (bicyclic) bond motifs is 1. The van der Waals surface area contributed by atoms with E-state index in [0.29, 0.717) is 0 Å². The van der Waals surface area contributed by atoms with E-state index in [0.717, 1.165) is 36.1 Å². The van der Waals surface area contributed by atoms with E-state index in [4.69, 9.17) is 5.73 Å². The van der Waals surface area contributed by atoms with Gasteiger partial charge < -0.3 is 11.1 Å². The SMILES string of the molecule is NCCCNc1ccc2[nH]ncc2c1. The van der Waals surface area contributed by atoms with E-state index in [1.807, 2.05) is 18.3 Å². The second-order valence-corrected chi connectivity index (χ2v) is 3.24. The molecule has 0 saturated heterocycles. The van der Waals surface area contributed by atoms with Crippen molar-refractivity contribution in [2.45, 2.75) is 6.42 Å². The molecule has 0 atom stereocenters. The summed E-state index contributed by atoms with van der Waals surface area (Å²) in [4.78, 5) is 0. The molecule has 1 heterocycles. The zero-order chi connectivity index (χ0) is 9.80. The number of nitrogens with zero attached hydrogens (tertiary/aromatic N) is 1. The molecule has 4 heteroatoms. The van der Waals surface area contributed by atoms with E-state index in [9.17, 15) is 0 Å². The fraction of sp³-hybridized carbons (Fsp3) is 0.300. The Morgan fingerprint density at radius 2 is 2.36 bits per heavy atom. The molecule has 1 aromatic carbocycles. The van der Waals surface area contributed by atoms with Gasteiger partial charge in [0.25, 0.3) is 0 Å². The van der Waals surface area contributed by atoms with Gasteiger partial charge in [0.2, 0.25) is 0 Å². The summed E-state index contributed by atoms with van der Waals surface area (Å²) in [5, 5.41) is 11.3. The van der Waals surface area contributed by atoms with Crippen LogP contribution in [-0.4, -0.2) is 23.3 Å². The molecule has 0 bridgehead atoms. The number of nitrogens with one attached hydrogen (secondary N) is 2. The van der Waals surface area contributed by atoms with Crippen LogP contribution >= 0.6 is 0 Å². The van der Waals surface area contributed by atoms with Gasteiger partial charge in [-0.2, -0.15) is 5.10 Å². The third-order valence-corrected chi connectivity index (χ3v) is 2.15. The highest BCUT2D eigenvalue weighted by atomic mass is 15.1. The van der Waals surface area contributed by atoms with Gasteiger partial charge in [0, 0.05) is 17.6 Å². The van der Waals surface area contributed by atoms with Crippen molar-refractivity contribution in [2.75, 3.05) is 18.4 Å². The minimum atomic E-state index is 0.723. The van der Waals surface area contributed by atoms with E-state index < -0.39 is 0 Å². The van der Waals surface area contributed by atoms with E-state index in [1.165, 1.54) is 0 Å². The minimum Gasteiger partial charge on any atom is -0.385 e. The number of nitrogens with two attached hydrogens (primary N) is 1. The smallest absolute Gasteiger partial charge is 0.0651 e. The van der Waals surface area contributed by atoms with Crippen LogP contribution in [0.3, 0.4) is 0 Å². The summed E-state index contributed by atoms with van der Waals surface area (Å²) in [6.07, 6.45) is 2.81. The normalized spacial score (nSPS) is 10.6. The van der Waals surface area contributed by atoms with Gasteiger partial charge in [-0.15, -0.1) is 0 Å². The third kappa shape index (κ3) is 1.85. The Balaban J connectivity index is 2.10. The summed E-state index contributed by atoms with van der Waals surface area (Å²) in [5.74, 6) is 0. The molecule has 0 saturated carbocycles. The summed E-state index contributed by atoms with van der Waals surface area (Å²) < 4.78 is 0. The highest BCUT2D eigenvalue weighted by Gasteiger charge is 1.96. The van der Waals surface area contributed by atoms with Crippen LogP contribution in [0.4, 0.5) is 5.69 Å². The van der Waals surface area contributed by atoms with Crippen LogP contribution in [0.25, 0.3) is 10.9 Å². The first-order chi connectivity index (χ1) is 6.90. The van der Waals surface area contributed by atoms with Crippen molar-refractivity contribution in [1.82, 2.24) is 10.2 Å². The number of aromatic nitrogens is 2. The largest absolute Gasteiger partial charge is 0.385 e. The lowest BCUT2D eigenvalue weighted by Gasteiger charge is -2.04. The van der Waals surface area contributed by atoms with Crippen molar-refractivity contribution < 1.29 is 0 Å². The molecule has 0 radical (unpaired) electrons. The predicted molar refractivity (Wildman–Crippen MR) is 58.3 cm³/mol. The Bertz CT molecular complexity index is 407. The number of rotatable bonds is 4. The number of aromatic amines is 1. The van der Waals surface area contributed by atoms with Crippen LogP contribution in [-0.2, 0) is 0 Å². The average molecular weight is 190 g/mol. The van der Waals surface area contributed by atoms with Crippen molar-refractivity contribution in [3.63, 3.8) is 0 Å². The lowest BCUT2D eigenvalue weighted by atomic mass is 10.2. The lowest BCUT2D eigenvalue weighted by molar-refractivity contribution is 0.874. The van der Waals surface area contributed by atoms with Gasteiger partial charge in [0.1, 0.15) is 0 Å². The molecule has 74 valence electrons. The van der Waals surface area contributed by atoms with Gasteiger partial charge >= 0.3 is 0 Å². The molecule has 0 aliphatic carbocycles. The van der Waals surface area contributed by atoms with Gasteiger partial charge in [-0.25, -0.2) is 0 Å². The van der Waals surface area contributed by atoms with Crippen molar-refractivity contribution in [1.29, 1.82) is 0 Å². The number of anilines is 1. The van der Waals surface area contributed by atoms with Crippen LogP contribution in [0, 0.1) is 0 Å². The van der Waals surface area contributed by atoms with E-state index in [1.54, 1.807) is 0 Å². The summed E-state index contributed by atoms with van der Waals surface area (Å²) in [5.41, 5.74) is 7.59. The number of benzene rings is 1. The second kappa shape index (κ2) is 4.11. The second-order valence-electron chi connectivity index (χ2n) is 3.24. The summed E-state index contributed by atoms with van der Waals surface area (Å²) in [7, 11) is 0. The molecule has 2 aromatic rings. The molecule has 0 fully saturated rings. The predicted octanol–water partition coefficient (Wildman–Crippen LogP) is 1.32. The molecule has 4 N–H and O–H groups in total. The number of H-pyrrole nitrogens is 1. The maximum Gasteiger partial charge on any atom is 0.0651 e. The highest BCUT2D eigenvalue weighted by molar-refractivity contribution is 5.81. The first-order valence-electron chi connectivity index (χ1n) is 4.77. The van der Waals surface area contributed by atoms with Crippen LogP contribution in [0.15, 0.2) is 24.4 Å². The monoisotopic (exact) mass is 190 g/mol. The van der Waals surface area contributed by atoms with E-state index >= 15 is 0 Å². The van der Waals surface area contributed by atoms with Crippen LogP contribution in [0.2, 0.25) is 0 Å². The fourth-order valence-electron chi connectivity index (χ4n) is 1.39. The van der Waals surface area contributed by atoms with Crippen molar-refractivity contribution in [2.24, 2.45) is 5.73 Å². The molecule has 2 rings (SSSR count). The molecular formula is C10H14N4. The Morgan fingerprint density at radius 1 is 1.43 bits per heavy atom. The fourth-order valence-corrected chi connectivity index (χ4v) is 1.39. The average Bonchev–Trinajstić information content (AvgIpc) is 2.65. The van der Waals surface area contributed by atoms with Gasteiger partial charge in [0.15, 0.2) is 0 Å². The highest BCUT2D eigenvalue weighted by Crippen LogP contribution is 2.16. The molecule has 0 amide bonds. The molecule has 0 unspecified atom stereocenters. The third-order valence-electron chi connectivity index (χ3n) is 2.15. The first-order valence-corrected chi connectivity index (χ1v) is 4.77. The van der Waals surface area contributed by atoms with Crippen molar-refractivity contribution >= 4 is 16.6 Å². The molecule has 14 heavy (non-hydrogen) atoms. The standard InChI is InChI=1S/C10H14N4/c11-4-1-5-12-9-2-3-10-8(6-9)7-13-14-10/h2-3,6-7,12H,1,4-5,11H2,(H,13,14). The Morgan fingerprint density at radius 3 is 3.21 bits per heavy atom. The van der Waals surface area contributed by atoms with E-state index in [2.05, 4.69) is 21.6 Å². The molecular weight excluding hydrogens is 176 g/mol. The summed E-state index contributed by atoms with van der Waals surface area (Å²) >= 11 is 0. The quantitative estimate of drug-likeness (QED) is 0.637. The maximum atomic E-state index is 5.41. The zero-order valence-corrected chi connectivity index (χ0v) is 7.96. The lowest BCUT2D eigenvalue weighted by Crippen LogP contribution is -2.08. The van der Waals surface area contributed by atoms with Crippen molar-refractivity contribution in [3.8, 4) is 0 Å². The van der Waals surface area contributed by atoms with Crippen LogP contribution < -0.4 is 11.1 Å². The molecule has 0 aliphatic rings. The topological polar surface area (TPSA) is 66.7 Å². The number of hydrogen-bond donors (Lipinski definition) is 3. The van der Waals surface area contributed by atoms with E-state index in [-0.39, 0.29) is 0 Å². The van der Waals surface area contributed by atoms with Gasteiger partial charge in [-0.05, 0) is 31.2 Å². The van der Waals surface area contributed by atoms with Crippen LogP contribution in [0.1, 0.15) is 6.42 Å². The molecule has 0 spiro atoms. The maximum absolute atomic E-state index is 5.41. The molecule has 4 nitrogen and oxygen atoms in total. The Labute approximate surface area is 82.5 Å². The Hall–Kier alpha value is -1.55. The van der Waals surface area contributed by atoms with Gasteiger partial charge in [0.05, 0.1) is 11.7 Å². The van der Waals surface area contributed by atoms with Gasteiger partial charge in [-0.1, -0.05) is 0 Å². The summed E-state index contributed by atoms with van der Waals surface area (Å²) in [6.45, 7) is 1.64. The zero-order valence-electron chi connectivity index (χ0n) is 7.96. The van der Waals surface area contributed by atoms with Crippen LogP contribution in [0.5, 0.6) is 0 Å². The summed E-state index contributed by atoms with van der Waals surface area (Å²) in [6, 6.07) is 6.14. The Kier molecular flexibility index (Phi) is 2.65.